The first kappa shape index (κ1) is 11.8. The van der Waals surface area contributed by atoms with Gasteiger partial charge in [-0.15, -0.1) is 0 Å². The second kappa shape index (κ2) is 4.16. The number of nitrogen functional groups attached to an aromatic ring is 1. The number of aromatic nitrogens is 4. The van der Waals surface area contributed by atoms with Crippen LogP contribution < -0.4 is 11.3 Å². The summed E-state index contributed by atoms with van der Waals surface area (Å²) < 4.78 is 14.5. The van der Waals surface area contributed by atoms with E-state index in [0.717, 1.165) is 0 Å². The van der Waals surface area contributed by atoms with E-state index in [2.05, 4.69) is 35.9 Å². The zero-order valence-electron chi connectivity index (χ0n) is 9.37. The highest BCUT2D eigenvalue weighted by atomic mass is 79.9. The molecule has 0 fully saturated rings. The lowest BCUT2D eigenvalue weighted by molar-refractivity contribution is 0.630. The number of rotatable bonds is 1. The Bertz CT molecular complexity index is 841. The highest BCUT2D eigenvalue weighted by molar-refractivity contribution is 9.10. The predicted octanol–water partition coefficient (Wildman–Crippen LogP) is 1.80. The van der Waals surface area contributed by atoms with Crippen LogP contribution in [-0.4, -0.2) is 19.9 Å². The van der Waals surface area contributed by atoms with Crippen molar-refractivity contribution in [2.24, 2.45) is 0 Å². The van der Waals surface area contributed by atoms with Gasteiger partial charge in [-0.2, -0.15) is 4.98 Å². The number of nitrogens with two attached hydrogens (primary N) is 1. The van der Waals surface area contributed by atoms with Crippen LogP contribution in [0.15, 0.2) is 27.5 Å². The number of fused-ring (bicyclic) bond motifs is 1. The molecule has 0 bridgehead atoms. The average molecular weight is 324 g/mol. The van der Waals surface area contributed by atoms with E-state index >= 15 is 0 Å². The molecule has 19 heavy (non-hydrogen) atoms. The number of nitrogens with one attached hydrogen (secondary N) is 2. The fourth-order valence-corrected chi connectivity index (χ4v) is 2.09. The minimum absolute atomic E-state index is 0.0368. The Kier molecular flexibility index (Phi) is 2.59. The molecule has 4 N–H and O–H groups in total. The van der Waals surface area contributed by atoms with Gasteiger partial charge in [-0.25, -0.2) is 9.37 Å². The van der Waals surface area contributed by atoms with Crippen LogP contribution in [-0.2, 0) is 0 Å². The molecule has 0 spiro atoms. The average Bonchev–Trinajstić information content (AvgIpc) is 2.76. The molecule has 0 radical (unpaired) electrons. The summed E-state index contributed by atoms with van der Waals surface area (Å²) in [5.74, 6) is -0.269. The molecule has 96 valence electrons. The van der Waals surface area contributed by atoms with Crippen LogP contribution in [0, 0.1) is 5.82 Å². The van der Waals surface area contributed by atoms with E-state index in [1.165, 1.54) is 6.07 Å². The number of imidazole rings is 1. The first-order valence-electron chi connectivity index (χ1n) is 5.25. The van der Waals surface area contributed by atoms with Crippen LogP contribution in [0.2, 0.25) is 0 Å². The van der Waals surface area contributed by atoms with E-state index in [9.17, 15) is 9.18 Å². The molecular formula is C11H7BrFN5O. The third kappa shape index (κ3) is 1.99. The van der Waals surface area contributed by atoms with E-state index in [1.54, 1.807) is 12.1 Å². The minimum Gasteiger partial charge on any atom is -0.369 e. The Hall–Kier alpha value is -2.22. The van der Waals surface area contributed by atoms with Crippen molar-refractivity contribution < 1.29 is 4.39 Å². The summed E-state index contributed by atoms with van der Waals surface area (Å²) in [5.41, 5.74) is 5.52. The first-order chi connectivity index (χ1) is 9.04. The third-order valence-corrected chi connectivity index (χ3v) is 3.06. The summed E-state index contributed by atoms with van der Waals surface area (Å²) in [7, 11) is 0. The fourth-order valence-electron chi connectivity index (χ4n) is 1.73. The summed E-state index contributed by atoms with van der Waals surface area (Å²) in [6, 6.07) is 4.44. The van der Waals surface area contributed by atoms with E-state index in [4.69, 9.17) is 5.73 Å². The van der Waals surface area contributed by atoms with Crippen LogP contribution >= 0.6 is 15.9 Å². The van der Waals surface area contributed by atoms with Crippen LogP contribution in [0.25, 0.3) is 22.6 Å². The lowest BCUT2D eigenvalue weighted by Gasteiger charge is -1.99. The summed E-state index contributed by atoms with van der Waals surface area (Å²) in [6.45, 7) is 0. The molecule has 0 aliphatic carbocycles. The van der Waals surface area contributed by atoms with Gasteiger partial charge >= 0.3 is 0 Å². The molecule has 1 aromatic carbocycles. The Morgan fingerprint density at radius 3 is 2.84 bits per heavy atom. The highest BCUT2D eigenvalue weighted by Crippen LogP contribution is 2.24. The molecule has 0 aliphatic heterocycles. The third-order valence-electron chi connectivity index (χ3n) is 2.56. The second-order valence-electron chi connectivity index (χ2n) is 3.86. The SMILES string of the molecule is Nc1nc2nc(-c3cc(Br)ccc3F)[nH]c2c(=O)[nH]1. The number of halogens is 2. The largest absolute Gasteiger partial charge is 0.369 e. The van der Waals surface area contributed by atoms with Crippen molar-refractivity contribution in [3.8, 4) is 11.4 Å². The standard InChI is InChI=1S/C11H7BrFN5O/c12-4-1-2-6(13)5(3-4)8-15-7-9(16-8)17-11(14)18-10(7)19/h1-3H,(H4,14,15,16,17,18,19). The van der Waals surface area contributed by atoms with Crippen molar-refractivity contribution in [1.29, 1.82) is 0 Å². The molecule has 0 saturated carbocycles. The van der Waals surface area contributed by atoms with Crippen molar-refractivity contribution in [2.45, 2.75) is 0 Å². The molecule has 2 heterocycles. The van der Waals surface area contributed by atoms with Gasteiger partial charge in [-0.1, -0.05) is 15.9 Å². The van der Waals surface area contributed by atoms with Crippen LogP contribution in [0.1, 0.15) is 0 Å². The van der Waals surface area contributed by atoms with Gasteiger partial charge in [0, 0.05) is 4.47 Å². The Labute approximate surface area is 114 Å². The quantitative estimate of drug-likeness (QED) is 0.635. The van der Waals surface area contributed by atoms with Gasteiger partial charge in [0.15, 0.2) is 11.2 Å². The number of H-pyrrole nitrogens is 2. The molecule has 6 nitrogen and oxygen atoms in total. The van der Waals surface area contributed by atoms with Gasteiger partial charge in [0.1, 0.15) is 11.6 Å². The first-order valence-corrected chi connectivity index (χ1v) is 6.05. The number of benzene rings is 1. The summed E-state index contributed by atoms with van der Waals surface area (Å²) >= 11 is 3.25. The van der Waals surface area contributed by atoms with Gasteiger partial charge in [-0.05, 0) is 18.2 Å². The van der Waals surface area contributed by atoms with Gasteiger partial charge < -0.3 is 10.7 Å². The van der Waals surface area contributed by atoms with E-state index in [-0.39, 0.29) is 28.5 Å². The van der Waals surface area contributed by atoms with Crippen molar-refractivity contribution in [2.75, 3.05) is 5.73 Å². The fraction of sp³-hybridized carbons (Fsp3) is 0. The lowest BCUT2D eigenvalue weighted by atomic mass is 10.2. The van der Waals surface area contributed by atoms with Crippen molar-refractivity contribution in [1.82, 2.24) is 19.9 Å². The number of nitrogens with zero attached hydrogens (tertiary/aromatic N) is 2. The highest BCUT2D eigenvalue weighted by Gasteiger charge is 2.13. The number of hydrogen-bond acceptors (Lipinski definition) is 4. The molecule has 3 rings (SSSR count). The minimum atomic E-state index is -0.452. The Morgan fingerprint density at radius 1 is 1.26 bits per heavy atom. The van der Waals surface area contributed by atoms with Crippen LogP contribution in [0.3, 0.4) is 0 Å². The molecule has 0 saturated heterocycles. The van der Waals surface area contributed by atoms with Crippen molar-refractivity contribution in [3.05, 3.63) is 38.8 Å². The molecule has 3 aromatic rings. The lowest BCUT2D eigenvalue weighted by Crippen LogP contribution is -2.10. The normalized spacial score (nSPS) is 11.1. The van der Waals surface area contributed by atoms with E-state index in [0.29, 0.717) is 4.47 Å². The van der Waals surface area contributed by atoms with Crippen LogP contribution in [0.4, 0.5) is 10.3 Å². The zero-order chi connectivity index (χ0) is 13.6. The maximum absolute atomic E-state index is 13.8. The topological polar surface area (TPSA) is 100 Å². The molecule has 8 heteroatoms. The van der Waals surface area contributed by atoms with Gasteiger partial charge in [0.05, 0.1) is 5.56 Å². The summed E-state index contributed by atoms with van der Waals surface area (Å²) in [6.07, 6.45) is 0. The van der Waals surface area contributed by atoms with Crippen LogP contribution in [0.5, 0.6) is 0 Å². The number of aromatic amines is 2. The van der Waals surface area contributed by atoms with Gasteiger partial charge in [0.25, 0.3) is 5.56 Å². The second-order valence-corrected chi connectivity index (χ2v) is 4.78. The Balaban J connectivity index is 2.29. The van der Waals surface area contributed by atoms with Gasteiger partial charge in [0.2, 0.25) is 5.95 Å². The summed E-state index contributed by atoms with van der Waals surface area (Å²) in [4.78, 5) is 24.7. The molecule has 0 amide bonds. The maximum Gasteiger partial charge on any atom is 0.278 e. The zero-order valence-corrected chi connectivity index (χ0v) is 11.0. The Morgan fingerprint density at radius 2 is 2.05 bits per heavy atom. The molecule has 0 aliphatic rings. The summed E-state index contributed by atoms with van der Waals surface area (Å²) in [5, 5.41) is 0. The van der Waals surface area contributed by atoms with Gasteiger partial charge in [-0.3, -0.25) is 9.78 Å². The van der Waals surface area contributed by atoms with E-state index in [1.807, 2.05) is 0 Å². The van der Waals surface area contributed by atoms with Crippen molar-refractivity contribution >= 4 is 33.0 Å². The van der Waals surface area contributed by atoms with E-state index < -0.39 is 11.4 Å². The molecule has 0 unspecified atom stereocenters. The maximum atomic E-state index is 13.8. The number of hydrogen-bond donors (Lipinski definition) is 3. The van der Waals surface area contributed by atoms with Crippen molar-refractivity contribution in [3.63, 3.8) is 0 Å². The monoisotopic (exact) mass is 323 g/mol. The molecular weight excluding hydrogens is 317 g/mol. The predicted molar refractivity (Wildman–Crippen MR) is 72.0 cm³/mol. The molecule has 0 atom stereocenters. The smallest absolute Gasteiger partial charge is 0.278 e. The molecule has 2 aromatic heterocycles. The number of anilines is 1.